The Balaban J connectivity index is 1.90. The fraction of sp³-hybridized carbons (Fsp3) is 0.0625. The number of halogens is 3. The smallest absolute Gasteiger partial charge is 0.231 e. The normalized spacial score (nSPS) is 10.7. The van der Waals surface area contributed by atoms with Crippen LogP contribution in [0.25, 0.3) is 11.3 Å². The summed E-state index contributed by atoms with van der Waals surface area (Å²) in [6.45, 7) is 0. The molecule has 0 unspecified atom stereocenters. The molecule has 0 saturated heterocycles. The molecule has 112 valence electrons. The van der Waals surface area contributed by atoms with E-state index in [4.69, 9.17) is 34.8 Å². The van der Waals surface area contributed by atoms with Crippen molar-refractivity contribution in [3.8, 4) is 11.3 Å². The first kappa shape index (κ1) is 15.6. The molecule has 0 radical (unpaired) electrons. The maximum atomic E-state index is 6.05. The summed E-state index contributed by atoms with van der Waals surface area (Å²) in [5.41, 5.74) is 3.13. The van der Waals surface area contributed by atoms with Crippen LogP contribution in [-0.2, 0) is 7.05 Å². The average molecular weight is 371 g/mol. The van der Waals surface area contributed by atoms with Crippen LogP contribution in [0.1, 0.15) is 0 Å². The van der Waals surface area contributed by atoms with E-state index in [1.807, 2.05) is 43.4 Å². The Labute approximate surface area is 147 Å². The van der Waals surface area contributed by atoms with Crippen molar-refractivity contribution in [3.63, 3.8) is 0 Å². The predicted molar refractivity (Wildman–Crippen MR) is 95.7 cm³/mol. The second kappa shape index (κ2) is 6.47. The SMILES string of the molecule is C[n+]1c(-c2ccc(Cl)cc2)csc1Nc1ccc(Cl)c(Cl)c1. The van der Waals surface area contributed by atoms with Crippen molar-refractivity contribution < 1.29 is 4.57 Å². The first-order chi connectivity index (χ1) is 10.5. The molecule has 1 aromatic heterocycles. The quantitative estimate of drug-likeness (QED) is 0.564. The fourth-order valence-corrected chi connectivity index (χ4v) is 3.45. The van der Waals surface area contributed by atoms with Gasteiger partial charge in [0.15, 0.2) is 0 Å². The van der Waals surface area contributed by atoms with Crippen molar-refractivity contribution in [2.75, 3.05) is 5.32 Å². The van der Waals surface area contributed by atoms with Gasteiger partial charge in [0.1, 0.15) is 11.4 Å². The first-order valence-corrected chi connectivity index (χ1v) is 8.51. The number of nitrogens with one attached hydrogen (secondary N) is 1. The zero-order chi connectivity index (χ0) is 15.7. The molecule has 0 spiro atoms. The van der Waals surface area contributed by atoms with Gasteiger partial charge in [0.2, 0.25) is 0 Å². The zero-order valence-electron chi connectivity index (χ0n) is 11.6. The summed E-state index contributed by atoms with van der Waals surface area (Å²) in [5, 5.41) is 8.27. The molecule has 0 atom stereocenters. The summed E-state index contributed by atoms with van der Waals surface area (Å²) >= 11 is 19.5. The first-order valence-electron chi connectivity index (χ1n) is 6.50. The molecule has 1 heterocycles. The molecule has 2 nitrogen and oxygen atoms in total. The Hall–Kier alpha value is -1.26. The fourth-order valence-electron chi connectivity index (χ4n) is 2.07. The van der Waals surface area contributed by atoms with E-state index in [9.17, 15) is 0 Å². The van der Waals surface area contributed by atoms with E-state index in [0.717, 1.165) is 27.1 Å². The van der Waals surface area contributed by atoms with Crippen LogP contribution in [0.3, 0.4) is 0 Å². The van der Waals surface area contributed by atoms with Gasteiger partial charge in [0.25, 0.3) is 0 Å². The van der Waals surface area contributed by atoms with Crippen LogP contribution in [0.5, 0.6) is 0 Å². The lowest BCUT2D eigenvalue weighted by Gasteiger charge is -2.02. The lowest BCUT2D eigenvalue weighted by atomic mass is 10.2. The molecule has 0 aliphatic heterocycles. The molecule has 0 saturated carbocycles. The third-order valence-electron chi connectivity index (χ3n) is 3.26. The van der Waals surface area contributed by atoms with E-state index in [2.05, 4.69) is 15.3 Å². The summed E-state index contributed by atoms with van der Waals surface area (Å²) < 4.78 is 2.09. The van der Waals surface area contributed by atoms with Gasteiger partial charge in [0.05, 0.1) is 17.1 Å². The predicted octanol–water partition coefficient (Wildman–Crippen LogP) is 5.94. The number of thiazole rings is 1. The maximum absolute atomic E-state index is 6.05. The second-order valence-corrected chi connectivity index (χ2v) is 6.85. The Morgan fingerprint density at radius 3 is 2.36 bits per heavy atom. The second-order valence-electron chi connectivity index (χ2n) is 4.75. The van der Waals surface area contributed by atoms with E-state index in [-0.39, 0.29) is 0 Å². The Morgan fingerprint density at radius 1 is 0.955 bits per heavy atom. The minimum atomic E-state index is 0.531. The van der Waals surface area contributed by atoms with Crippen molar-refractivity contribution in [1.82, 2.24) is 0 Å². The standard InChI is InChI=1S/C16H11Cl3N2S/c1-21-15(10-2-4-11(17)5-3-10)9-22-16(21)20-12-6-7-13(18)14(19)8-12/h2-9H,1H3/p+1. The Bertz CT molecular complexity index is 813. The molecule has 0 fully saturated rings. The van der Waals surface area contributed by atoms with Crippen LogP contribution >= 0.6 is 46.1 Å². The van der Waals surface area contributed by atoms with Gasteiger partial charge in [-0.3, -0.25) is 0 Å². The highest BCUT2D eigenvalue weighted by atomic mass is 35.5. The number of rotatable bonds is 3. The number of hydrogen-bond donors (Lipinski definition) is 1. The van der Waals surface area contributed by atoms with Gasteiger partial charge >= 0.3 is 5.13 Å². The Morgan fingerprint density at radius 2 is 1.68 bits per heavy atom. The third-order valence-corrected chi connectivity index (χ3v) is 5.19. The van der Waals surface area contributed by atoms with Gasteiger partial charge in [-0.05, 0) is 36.4 Å². The third kappa shape index (κ3) is 3.23. The number of anilines is 2. The summed E-state index contributed by atoms with van der Waals surface area (Å²) in [7, 11) is 2.01. The van der Waals surface area contributed by atoms with Gasteiger partial charge in [-0.1, -0.05) is 46.1 Å². The summed E-state index contributed by atoms with van der Waals surface area (Å²) in [4.78, 5) is 0. The van der Waals surface area contributed by atoms with Crippen molar-refractivity contribution in [2.45, 2.75) is 0 Å². The van der Waals surface area contributed by atoms with Gasteiger partial charge in [-0.15, -0.1) is 0 Å². The van der Waals surface area contributed by atoms with Crippen LogP contribution in [0.4, 0.5) is 10.8 Å². The topological polar surface area (TPSA) is 15.9 Å². The lowest BCUT2D eigenvalue weighted by Crippen LogP contribution is -2.30. The molecular formula is C16H12Cl3N2S+. The number of benzene rings is 2. The van der Waals surface area contributed by atoms with Gasteiger partial charge < -0.3 is 0 Å². The van der Waals surface area contributed by atoms with Crippen molar-refractivity contribution in [1.29, 1.82) is 0 Å². The average Bonchev–Trinajstić information content (AvgIpc) is 2.85. The van der Waals surface area contributed by atoms with Crippen LogP contribution < -0.4 is 9.88 Å². The maximum Gasteiger partial charge on any atom is 0.339 e. The summed E-state index contributed by atoms with van der Waals surface area (Å²) in [5.74, 6) is 0. The molecule has 2 aromatic carbocycles. The molecule has 3 rings (SSSR count). The zero-order valence-corrected chi connectivity index (χ0v) is 14.7. The molecule has 0 amide bonds. The van der Waals surface area contributed by atoms with E-state index in [0.29, 0.717) is 10.0 Å². The van der Waals surface area contributed by atoms with E-state index in [1.54, 1.807) is 17.4 Å². The van der Waals surface area contributed by atoms with Gasteiger partial charge in [-0.2, -0.15) is 0 Å². The van der Waals surface area contributed by atoms with Crippen LogP contribution in [0, 0.1) is 0 Å². The van der Waals surface area contributed by atoms with Crippen molar-refractivity contribution in [3.05, 3.63) is 62.9 Å². The monoisotopic (exact) mass is 369 g/mol. The lowest BCUT2D eigenvalue weighted by molar-refractivity contribution is -0.641. The van der Waals surface area contributed by atoms with Crippen molar-refractivity contribution in [2.24, 2.45) is 7.05 Å². The van der Waals surface area contributed by atoms with E-state index >= 15 is 0 Å². The summed E-state index contributed by atoms with van der Waals surface area (Å²) in [6, 6.07) is 13.3. The van der Waals surface area contributed by atoms with Crippen LogP contribution in [-0.4, -0.2) is 0 Å². The van der Waals surface area contributed by atoms with Gasteiger partial charge in [0, 0.05) is 22.0 Å². The Kier molecular flexibility index (Phi) is 4.59. The molecule has 1 N–H and O–H groups in total. The highest BCUT2D eigenvalue weighted by Gasteiger charge is 2.16. The molecule has 0 aliphatic carbocycles. The number of aromatic nitrogens is 1. The van der Waals surface area contributed by atoms with Crippen LogP contribution in [0.2, 0.25) is 15.1 Å². The molecular weight excluding hydrogens is 359 g/mol. The highest BCUT2D eigenvalue weighted by molar-refractivity contribution is 7.13. The molecule has 0 aliphatic rings. The van der Waals surface area contributed by atoms with Crippen molar-refractivity contribution >= 4 is 57.0 Å². The number of hydrogen-bond acceptors (Lipinski definition) is 2. The minimum absolute atomic E-state index is 0.531. The molecule has 0 bridgehead atoms. The molecule has 6 heteroatoms. The minimum Gasteiger partial charge on any atom is -0.231 e. The molecule has 22 heavy (non-hydrogen) atoms. The van der Waals surface area contributed by atoms with Crippen LogP contribution in [0.15, 0.2) is 47.8 Å². The van der Waals surface area contributed by atoms with Gasteiger partial charge in [-0.25, -0.2) is 9.88 Å². The largest absolute Gasteiger partial charge is 0.339 e. The molecule has 3 aromatic rings. The van der Waals surface area contributed by atoms with E-state index in [1.165, 1.54) is 0 Å². The highest BCUT2D eigenvalue weighted by Crippen LogP contribution is 2.29. The van der Waals surface area contributed by atoms with E-state index < -0.39 is 0 Å². The summed E-state index contributed by atoms with van der Waals surface area (Å²) in [6.07, 6.45) is 0. The number of nitrogens with zero attached hydrogens (tertiary/aromatic N) is 1.